The summed E-state index contributed by atoms with van der Waals surface area (Å²) in [5, 5.41) is 28.4. The molecule has 1 aromatic rings. The number of aliphatic hydroxyl groups excluding tert-OH is 2. The first-order chi connectivity index (χ1) is 8.91. The SMILES string of the molecule is Cc1cn([C@H]2C[C@@](O)(CO)[C@@H](CO)O2)c(=O)[nH]c1=O. The Hall–Kier alpha value is -1.48. The van der Waals surface area contributed by atoms with Crippen molar-refractivity contribution in [1.82, 2.24) is 9.55 Å². The number of hydrogen-bond donors (Lipinski definition) is 4. The number of H-pyrrole nitrogens is 1. The van der Waals surface area contributed by atoms with Gasteiger partial charge < -0.3 is 20.1 Å². The van der Waals surface area contributed by atoms with Gasteiger partial charge in [-0.3, -0.25) is 14.3 Å². The number of aromatic nitrogens is 2. The molecule has 1 aromatic heterocycles. The summed E-state index contributed by atoms with van der Waals surface area (Å²) >= 11 is 0. The molecule has 8 heteroatoms. The molecule has 0 unspecified atom stereocenters. The summed E-state index contributed by atoms with van der Waals surface area (Å²) in [7, 11) is 0. The largest absolute Gasteiger partial charge is 0.394 e. The quantitative estimate of drug-likeness (QED) is 0.497. The van der Waals surface area contributed by atoms with Crippen LogP contribution in [0.4, 0.5) is 0 Å². The van der Waals surface area contributed by atoms with Gasteiger partial charge in [0.2, 0.25) is 0 Å². The summed E-state index contributed by atoms with van der Waals surface area (Å²) in [6.07, 6.45) is -0.567. The van der Waals surface area contributed by atoms with E-state index in [9.17, 15) is 19.8 Å². The van der Waals surface area contributed by atoms with Gasteiger partial charge in [-0.15, -0.1) is 0 Å². The number of aryl methyl sites for hydroxylation is 1. The highest BCUT2D eigenvalue weighted by Crippen LogP contribution is 2.35. The van der Waals surface area contributed by atoms with Crippen molar-refractivity contribution >= 4 is 0 Å². The van der Waals surface area contributed by atoms with Gasteiger partial charge in [0, 0.05) is 18.2 Å². The maximum Gasteiger partial charge on any atom is 0.330 e. The van der Waals surface area contributed by atoms with Gasteiger partial charge in [0.25, 0.3) is 5.56 Å². The molecule has 4 N–H and O–H groups in total. The van der Waals surface area contributed by atoms with E-state index in [4.69, 9.17) is 9.84 Å². The van der Waals surface area contributed by atoms with Crippen LogP contribution in [0, 0.1) is 6.92 Å². The highest BCUT2D eigenvalue weighted by Gasteiger charge is 2.47. The van der Waals surface area contributed by atoms with Gasteiger partial charge in [-0.25, -0.2) is 4.79 Å². The van der Waals surface area contributed by atoms with Crippen LogP contribution in [0.1, 0.15) is 18.2 Å². The maximum absolute atomic E-state index is 11.7. The Balaban J connectivity index is 2.38. The van der Waals surface area contributed by atoms with Crippen LogP contribution in [0.3, 0.4) is 0 Å². The molecule has 0 saturated carbocycles. The Bertz CT molecular complexity index is 579. The molecule has 19 heavy (non-hydrogen) atoms. The summed E-state index contributed by atoms with van der Waals surface area (Å²) in [5.41, 5.74) is -2.44. The molecule has 2 rings (SSSR count). The molecule has 1 saturated heterocycles. The Labute approximate surface area is 107 Å². The summed E-state index contributed by atoms with van der Waals surface area (Å²) in [6, 6.07) is 0. The topological polar surface area (TPSA) is 125 Å². The molecule has 0 aromatic carbocycles. The van der Waals surface area contributed by atoms with Crippen molar-refractivity contribution in [2.24, 2.45) is 0 Å². The smallest absolute Gasteiger partial charge is 0.330 e. The van der Waals surface area contributed by atoms with Crippen LogP contribution >= 0.6 is 0 Å². The predicted molar refractivity (Wildman–Crippen MR) is 63.7 cm³/mol. The summed E-state index contributed by atoms with van der Waals surface area (Å²) in [4.78, 5) is 25.1. The van der Waals surface area contributed by atoms with Gasteiger partial charge >= 0.3 is 5.69 Å². The molecule has 0 bridgehead atoms. The molecule has 0 spiro atoms. The van der Waals surface area contributed by atoms with Gasteiger partial charge in [-0.05, 0) is 6.92 Å². The highest BCUT2D eigenvalue weighted by molar-refractivity contribution is 5.03. The van der Waals surface area contributed by atoms with Crippen LogP contribution in [0.2, 0.25) is 0 Å². The van der Waals surface area contributed by atoms with Crippen LogP contribution in [0.25, 0.3) is 0 Å². The van der Waals surface area contributed by atoms with E-state index in [2.05, 4.69) is 4.98 Å². The molecule has 3 atom stereocenters. The third kappa shape index (κ3) is 2.35. The van der Waals surface area contributed by atoms with E-state index in [1.807, 2.05) is 0 Å². The Morgan fingerprint density at radius 1 is 1.53 bits per heavy atom. The van der Waals surface area contributed by atoms with Crippen molar-refractivity contribution in [3.05, 3.63) is 32.6 Å². The molecular weight excluding hydrogens is 256 g/mol. The normalized spacial score (nSPS) is 30.7. The predicted octanol–water partition coefficient (Wildman–Crippen LogP) is -2.15. The lowest BCUT2D eigenvalue weighted by Crippen LogP contribution is -2.43. The number of aliphatic hydroxyl groups is 3. The first kappa shape index (κ1) is 13.9. The van der Waals surface area contributed by atoms with E-state index < -0.39 is 42.4 Å². The van der Waals surface area contributed by atoms with Crippen LogP contribution in [0.5, 0.6) is 0 Å². The zero-order chi connectivity index (χ0) is 14.2. The number of nitrogens with zero attached hydrogens (tertiary/aromatic N) is 1. The molecule has 0 radical (unpaired) electrons. The van der Waals surface area contributed by atoms with Crippen molar-refractivity contribution in [2.45, 2.75) is 31.3 Å². The maximum atomic E-state index is 11.7. The lowest BCUT2D eigenvalue weighted by atomic mass is 9.96. The first-order valence-electron chi connectivity index (χ1n) is 5.83. The minimum absolute atomic E-state index is 0.0554. The van der Waals surface area contributed by atoms with Gasteiger partial charge in [-0.2, -0.15) is 0 Å². The van der Waals surface area contributed by atoms with E-state index in [1.165, 1.54) is 13.1 Å². The fourth-order valence-electron chi connectivity index (χ4n) is 2.14. The molecule has 8 nitrogen and oxygen atoms in total. The van der Waals surface area contributed by atoms with Gasteiger partial charge in [0.1, 0.15) is 17.9 Å². The van der Waals surface area contributed by atoms with E-state index >= 15 is 0 Å². The van der Waals surface area contributed by atoms with E-state index in [1.54, 1.807) is 0 Å². The molecule has 1 aliphatic heterocycles. The first-order valence-corrected chi connectivity index (χ1v) is 5.83. The molecule has 0 amide bonds. The third-order valence-corrected chi connectivity index (χ3v) is 3.34. The van der Waals surface area contributed by atoms with Crippen molar-refractivity contribution in [3.8, 4) is 0 Å². The summed E-state index contributed by atoms with van der Waals surface area (Å²) in [5.74, 6) is 0. The monoisotopic (exact) mass is 272 g/mol. The summed E-state index contributed by atoms with van der Waals surface area (Å²) < 4.78 is 6.49. The molecule has 1 fully saturated rings. The van der Waals surface area contributed by atoms with Crippen LogP contribution in [0.15, 0.2) is 15.8 Å². The number of hydrogen-bond acceptors (Lipinski definition) is 6. The number of aromatic amines is 1. The van der Waals surface area contributed by atoms with Gasteiger partial charge in [-0.1, -0.05) is 0 Å². The lowest BCUT2D eigenvalue weighted by Gasteiger charge is -2.23. The average Bonchev–Trinajstić information content (AvgIpc) is 2.71. The van der Waals surface area contributed by atoms with Crippen LogP contribution in [-0.2, 0) is 4.74 Å². The third-order valence-electron chi connectivity index (χ3n) is 3.34. The van der Waals surface area contributed by atoms with Crippen molar-refractivity contribution in [3.63, 3.8) is 0 Å². The van der Waals surface area contributed by atoms with Gasteiger partial charge in [0.15, 0.2) is 0 Å². The highest BCUT2D eigenvalue weighted by atomic mass is 16.5. The van der Waals surface area contributed by atoms with Crippen molar-refractivity contribution < 1.29 is 20.1 Å². The molecular formula is C11H16N2O6. The standard InChI is InChI=1S/C11H16N2O6/c1-6-3-13(10(17)12-9(6)16)8-2-11(18,5-15)7(4-14)19-8/h3,7-8,14-15,18H,2,4-5H2,1H3,(H,12,16,17)/t7-,8-,11-/m1/s1. The van der Waals surface area contributed by atoms with E-state index in [-0.39, 0.29) is 6.42 Å². The molecule has 2 heterocycles. The zero-order valence-electron chi connectivity index (χ0n) is 10.4. The zero-order valence-corrected chi connectivity index (χ0v) is 10.4. The number of ether oxygens (including phenoxy) is 1. The van der Waals surface area contributed by atoms with Crippen molar-refractivity contribution in [2.75, 3.05) is 13.2 Å². The summed E-state index contributed by atoms with van der Waals surface area (Å²) in [6.45, 7) is 0.460. The number of rotatable bonds is 3. The van der Waals surface area contributed by atoms with E-state index in [0.29, 0.717) is 5.56 Å². The number of nitrogens with one attached hydrogen (secondary N) is 1. The Kier molecular flexibility index (Phi) is 3.59. The van der Waals surface area contributed by atoms with Crippen LogP contribution < -0.4 is 11.2 Å². The van der Waals surface area contributed by atoms with Gasteiger partial charge in [0.05, 0.1) is 13.2 Å². The fourth-order valence-corrected chi connectivity index (χ4v) is 2.14. The lowest BCUT2D eigenvalue weighted by molar-refractivity contribution is -0.101. The van der Waals surface area contributed by atoms with Crippen LogP contribution in [-0.4, -0.2) is 49.8 Å². The Morgan fingerprint density at radius 3 is 2.74 bits per heavy atom. The molecule has 106 valence electrons. The van der Waals surface area contributed by atoms with E-state index in [0.717, 1.165) is 4.57 Å². The molecule has 0 aliphatic carbocycles. The molecule has 1 aliphatic rings. The second-order valence-electron chi connectivity index (χ2n) is 4.71. The van der Waals surface area contributed by atoms with Crippen molar-refractivity contribution in [1.29, 1.82) is 0 Å². The Morgan fingerprint density at radius 2 is 2.21 bits per heavy atom. The minimum atomic E-state index is -1.61. The minimum Gasteiger partial charge on any atom is -0.394 e. The average molecular weight is 272 g/mol. The second kappa shape index (κ2) is 4.89. The second-order valence-corrected chi connectivity index (χ2v) is 4.71. The fraction of sp³-hybridized carbons (Fsp3) is 0.636.